The molecule has 0 aliphatic rings. The fraction of sp³-hybridized carbons (Fsp3) is 0.312. The fourth-order valence-electron chi connectivity index (χ4n) is 2.20. The van der Waals surface area contributed by atoms with Crippen LogP contribution in [0.3, 0.4) is 0 Å². The van der Waals surface area contributed by atoms with Crippen LogP contribution < -0.4 is 5.56 Å². The van der Waals surface area contributed by atoms with Gasteiger partial charge in [-0.05, 0) is 30.5 Å². The van der Waals surface area contributed by atoms with Crippen LogP contribution in [0.25, 0.3) is 0 Å². The van der Waals surface area contributed by atoms with Crippen LogP contribution in [-0.4, -0.2) is 20.9 Å². The molecular weight excluding hydrogens is 300 g/mol. The molecular formula is C16H18N2O3S. The second-order valence-corrected chi connectivity index (χ2v) is 5.90. The number of H-pyrrole nitrogens is 1. The second kappa shape index (κ2) is 7.26. The Morgan fingerprint density at radius 3 is 2.77 bits per heavy atom. The predicted octanol–water partition coefficient (Wildman–Crippen LogP) is 2.92. The van der Waals surface area contributed by atoms with E-state index in [0.29, 0.717) is 22.9 Å². The molecule has 5 nitrogen and oxygen atoms in total. The lowest BCUT2D eigenvalue weighted by atomic mass is 9.98. The summed E-state index contributed by atoms with van der Waals surface area (Å²) in [5.74, 6) is 0.485. The number of thioether (sulfide) groups is 1. The van der Waals surface area contributed by atoms with Gasteiger partial charge in [0.15, 0.2) is 10.9 Å². The Hall–Kier alpha value is -2.08. The van der Waals surface area contributed by atoms with E-state index in [1.165, 1.54) is 30.9 Å². The maximum Gasteiger partial charge on any atom is 0.251 e. The van der Waals surface area contributed by atoms with Gasteiger partial charge < -0.3 is 10.1 Å². The van der Waals surface area contributed by atoms with Crippen molar-refractivity contribution in [3.8, 4) is 5.75 Å². The summed E-state index contributed by atoms with van der Waals surface area (Å²) in [6.07, 6.45) is 3.03. The molecule has 0 radical (unpaired) electrons. The normalized spacial score (nSPS) is 10.6. The molecule has 1 aromatic carbocycles. The third-order valence-electron chi connectivity index (χ3n) is 3.27. The molecule has 0 saturated heterocycles. The molecule has 0 aliphatic heterocycles. The Morgan fingerprint density at radius 2 is 2.14 bits per heavy atom. The summed E-state index contributed by atoms with van der Waals surface area (Å²) in [5, 5.41) is 10.8. The van der Waals surface area contributed by atoms with Gasteiger partial charge in [-0.15, -0.1) is 0 Å². The van der Waals surface area contributed by atoms with Gasteiger partial charge >= 0.3 is 0 Å². The molecule has 2 aromatic rings. The van der Waals surface area contributed by atoms with Crippen LogP contribution in [0.1, 0.15) is 41.8 Å². The van der Waals surface area contributed by atoms with Gasteiger partial charge in [0.2, 0.25) is 0 Å². The highest BCUT2D eigenvalue weighted by atomic mass is 32.2. The SMILES string of the molecule is CCCc1c(CSc2nccc(=O)[nH]2)ccc(C(C)=O)c1O. The topological polar surface area (TPSA) is 83.0 Å². The second-order valence-electron chi connectivity index (χ2n) is 4.93. The van der Waals surface area contributed by atoms with Crippen LogP contribution in [-0.2, 0) is 12.2 Å². The summed E-state index contributed by atoms with van der Waals surface area (Å²) < 4.78 is 0. The molecule has 6 heteroatoms. The summed E-state index contributed by atoms with van der Waals surface area (Å²) in [4.78, 5) is 29.5. The first-order valence-corrected chi connectivity index (χ1v) is 8.04. The van der Waals surface area contributed by atoms with Gasteiger partial charge in [0.1, 0.15) is 5.75 Å². The number of ketones is 1. The molecule has 0 aliphatic carbocycles. The van der Waals surface area contributed by atoms with Crippen molar-refractivity contribution >= 4 is 17.5 Å². The molecule has 0 amide bonds. The van der Waals surface area contributed by atoms with Crippen molar-refractivity contribution < 1.29 is 9.90 Å². The molecule has 116 valence electrons. The Labute approximate surface area is 132 Å². The molecule has 0 unspecified atom stereocenters. The van der Waals surface area contributed by atoms with E-state index in [0.717, 1.165) is 17.5 Å². The number of carbonyl (C=O) groups excluding carboxylic acids is 1. The number of hydrogen-bond acceptors (Lipinski definition) is 5. The van der Waals surface area contributed by atoms with Crippen molar-refractivity contribution in [3.63, 3.8) is 0 Å². The maximum atomic E-state index is 11.5. The highest BCUT2D eigenvalue weighted by Gasteiger charge is 2.15. The zero-order chi connectivity index (χ0) is 16.1. The number of aromatic nitrogens is 2. The fourth-order valence-corrected chi connectivity index (χ4v) is 3.07. The Kier molecular flexibility index (Phi) is 5.38. The summed E-state index contributed by atoms with van der Waals surface area (Å²) in [7, 11) is 0. The van der Waals surface area contributed by atoms with E-state index in [9.17, 15) is 14.7 Å². The van der Waals surface area contributed by atoms with E-state index in [1.807, 2.05) is 13.0 Å². The molecule has 0 atom stereocenters. The Bertz CT molecular complexity index is 740. The van der Waals surface area contributed by atoms with E-state index in [2.05, 4.69) is 9.97 Å². The van der Waals surface area contributed by atoms with Crippen molar-refractivity contribution in [2.75, 3.05) is 0 Å². The summed E-state index contributed by atoms with van der Waals surface area (Å²) in [6, 6.07) is 4.86. The standard InChI is InChI=1S/C16H18N2O3S/c1-3-4-13-11(5-6-12(10(2)19)15(13)21)9-22-16-17-8-7-14(20)18-16/h5-8,21H,3-4,9H2,1-2H3,(H,17,18,20). The quantitative estimate of drug-likeness (QED) is 0.486. The van der Waals surface area contributed by atoms with Crippen molar-refractivity contribution in [2.45, 2.75) is 37.6 Å². The average molecular weight is 318 g/mol. The number of hydrogen-bond donors (Lipinski definition) is 2. The van der Waals surface area contributed by atoms with Gasteiger partial charge in [-0.25, -0.2) is 4.98 Å². The smallest absolute Gasteiger partial charge is 0.251 e. The molecule has 0 saturated carbocycles. The van der Waals surface area contributed by atoms with Crippen molar-refractivity contribution in [2.24, 2.45) is 0 Å². The monoisotopic (exact) mass is 318 g/mol. The molecule has 1 aromatic heterocycles. The van der Waals surface area contributed by atoms with Gasteiger partial charge in [0, 0.05) is 18.0 Å². The van der Waals surface area contributed by atoms with Gasteiger partial charge in [0.05, 0.1) is 5.56 Å². The first-order valence-electron chi connectivity index (χ1n) is 7.05. The van der Waals surface area contributed by atoms with Crippen LogP contribution in [0.4, 0.5) is 0 Å². The molecule has 0 bridgehead atoms. The Morgan fingerprint density at radius 1 is 1.36 bits per heavy atom. The Balaban J connectivity index is 2.28. The van der Waals surface area contributed by atoms with E-state index in [4.69, 9.17) is 0 Å². The summed E-state index contributed by atoms with van der Waals surface area (Å²) >= 11 is 1.39. The van der Waals surface area contributed by atoms with Crippen LogP contribution >= 0.6 is 11.8 Å². The van der Waals surface area contributed by atoms with Crippen molar-refractivity contribution in [1.29, 1.82) is 0 Å². The van der Waals surface area contributed by atoms with E-state index in [-0.39, 0.29) is 17.1 Å². The summed E-state index contributed by atoms with van der Waals surface area (Å²) in [6.45, 7) is 3.46. The van der Waals surface area contributed by atoms with E-state index >= 15 is 0 Å². The van der Waals surface area contributed by atoms with Gasteiger partial charge in [-0.3, -0.25) is 9.59 Å². The number of aromatic amines is 1. The number of aromatic hydroxyl groups is 1. The number of carbonyl (C=O) groups is 1. The van der Waals surface area contributed by atoms with E-state index < -0.39 is 0 Å². The minimum atomic E-state index is -0.193. The average Bonchev–Trinajstić information content (AvgIpc) is 2.47. The minimum Gasteiger partial charge on any atom is -0.507 e. The molecule has 1 heterocycles. The van der Waals surface area contributed by atoms with Crippen LogP contribution in [0.5, 0.6) is 5.75 Å². The van der Waals surface area contributed by atoms with Gasteiger partial charge in [0.25, 0.3) is 5.56 Å². The van der Waals surface area contributed by atoms with Gasteiger partial charge in [-0.2, -0.15) is 0 Å². The lowest BCUT2D eigenvalue weighted by molar-refractivity contribution is 0.101. The van der Waals surface area contributed by atoms with Crippen LogP contribution in [0.2, 0.25) is 0 Å². The highest BCUT2D eigenvalue weighted by Crippen LogP contribution is 2.31. The number of Topliss-reactive ketones (excluding diaryl/α,β-unsaturated/α-hetero) is 1. The van der Waals surface area contributed by atoms with Gasteiger partial charge in [-0.1, -0.05) is 31.2 Å². The molecule has 2 N–H and O–H groups in total. The molecule has 0 spiro atoms. The maximum absolute atomic E-state index is 11.5. The zero-order valence-corrected chi connectivity index (χ0v) is 13.4. The lowest BCUT2D eigenvalue weighted by Gasteiger charge is -2.13. The minimum absolute atomic E-state index is 0.0713. The number of benzene rings is 1. The molecule has 2 rings (SSSR count). The number of phenols is 1. The summed E-state index contributed by atoms with van der Waals surface area (Å²) in [5.41, 5.74) is 1.89. The molecule has 22 heavy (non-hydrogen) atoms. The lowest BCUT2D eigenvalue weighted by Crippen LogP contribution is -2.05. The largest absolute Gasteiger partial charge is 0.507 e. The molecule has 0 fully saturated rings. The van der Waals surface area contributed by atoms with Crippen molar-refractivity contribution in [3.05, 3.63) is 51.4 Å². The van der Waals surface area contributed by atoms with Crippen molar-refractivity contribution in [1.82, 2.24) is 9.97 Å². The number of phenolic OH excluding ortho intramolecular Hbond substituents is 1. The predicted molar refractivity (Wildman–Crippen MR) is 86.5 cm³/mol. The number of rotatable bonds is 6. The van der Waals surface area contributed by atoms with Crippen LogP contribution in [0.15, 0.2) is 34.3 Å². The number of nitrogens with zero attached hydrogens (tertiary/aromatic N) is 1. The first kappa shape index (κ1) is 16.3. The van der Waals surface area contributed by atoms with Crippen LogP contribution in [0, 0.1) is 0 Å². The zero-order valence-electron chi connectivity index (χ0n) is 12.5. The van der Waals surface area contributed by atoms with E-state index in [1.54, 1.807) is 6.07 Å². The third-order valence-corrected chi connectivity index (χ3v) is 4.21. The highest BCUT2D eigenvalue weighted by molar-refractivity contribution is 7.98. The third kappa shape index (κ3) is 3.76. The number of nitrogens with one attached hydrogen (secondary N) is 1. The first-order chi connectivity index (χ1) is 10.5.